The molecule has 0 amide bonds. The largest absolute Gasteiger partial charge is 0.381 e. The second kappa shape index (κ2) is 3.40. The molecule has 0 bridgehead atoms. The average Bonchev–Trinajstić information content (AvgIpc) is 2.57. The van der Waals surface area contributed by atoms with E-state index in [-0.39, 0.29) is 5.82 Å². The molecular weight excluding hydrogens is 188 g/mol. The van der Waals surface area contributed by atoms with Crippen LogP contribution in [-0.4, -0.2) is 24.2 Å². The van der Waals surface area contributed by atoms with Crippen molar-refractivity contribution in [3.8, 4) is 0 Å². The highest BCUT2D eigenvalue weighted by molar-refractivity contribution is 5.49. The van der Waals surface area contributed by atoms with Crippen molar-refractivity contribution in [1.82, 2.24) is 4.98 Å². The van der Waals surface area contributed by atoms with Crippen LogP contribution in [-0.2, 0) is 0 Å². The van der Waals surface area contributed by atoms with Crippen molar-refractivity contribution in [1.29, 1.82) is 0 Å². The van der Waals surface area contributed by atoms with Crippen molar-refractivity contribution < 1.29 is 8.78 Å². The minimum Gasteiger partial charge on any atom is -0.381 e. The Labute approximate surface area is 80.5 Å². The van der Waals surface area contributed by atoms with Gasteiger partial charge in [0, 0.05) is 19.2 Å². The van der Waals surface area contributed by atoms with E-state index in [1.807, 2.05) is 0 Å². The molecule has 1 aromatic heterocycles. The Balaban J connectivity index is 2.20. The van der Waals surface area contributed by atoms with Crippen LogP contribution >= 0.6 is 0 Å². The minimum absolute atomic E-state index is 0.121. The zero-order valence-corrected chi connectivity index (χ0v) is 7.58. The molecule has 1 aliphatic rings. The van der Waals surface area contributed by atoms with Crippen molar-refractivity contribution in [3.05, 3.63) is 18.1 Å². The number of hydrogen-bond acceptors (Lipinski definition) is 3. The number of hydrogen-bond donors (Lipinski definition) is 1. The average molecular weight is 199 g/mol. The Kier molecular flexibility index (Phi) is 2.23. The molecule has 2 N–H and O–H groups in total. The molecule has 0 unspecified atom stereocenters. The quantitative estimate of drug-likeness (QED) is 0.742. The van der Waals surface area contributed by atoms with E-state index in [2.05, 4.69) is 4.98 Å². The van der Waals surface area contributed by atoms with Gasteiger partial charge in [-0.1, -0.05) is 0 Å². The number of nitrogens with zero attached hydrogens (tertiary/aromatic N) is 2. The Bertz CT molecular complexity index is 343. The topological polar surface area (TPSA) is 42.1 Å². The third kappa shape index (κ3) is 1.62. The van der Waals surface area contributed by atoms with Crippen molar-refractivity contribution in [2.75, 3.05) is 23.7 Å². The van der Waals surface area contributed by atoms with Crippen LogP contribution in [0, 0.1) is 5.82 Å². The van der Waals surface area contributed by atoms with Crippen LogP contribution in [0.4, 0.5) is 20.3 Å². The highest BCUT2D eigenvalue weighted by atomic mass is 19.1. The van der Waals surface area contributed by atoms with Gasteiger partial charge in [-0.25, -0.2) is 13.8 Å². The van der Waals surface area contributed by atoms with Gasteiger partial charge in [0.25, 0.3) is 0 Å². The summed E-state index contributed by atoms with van der Waals surface area (Å²) in [5.41, 5.74) is 5.83. The molecule has 0 aliphatic carbocycles. The molecule has 2 rings (SSSR count). The molecule has 2 heterocycles. The molecule has 1 atom stereocenters. The summed E-state index contributed by atoms with van der Waals surface area (Å²) >= 11 is 0. The smallest absolute Gasteiger partial charge is 0.167 e. The molecule has 1 aliphatic heterocycles. The predicted octanol–water partition coefficient (Wildman–Crippen LogP) is 1.35. The monoisotopic (exact) mass is 199 g/mol. The SMILES string of the molecule is Nc1ncc(N2CC[C@H](F)C2)cc1F. The first-order valence-electron chi connectivity index (χ1n) is 4.47. The first kappa shape index (κ1) is 9.18. The number of nitrogen functional groups attached to an aromatic ring is 1. The third-order valence-electron chi connectivity index (χ3n) is 2.35. The van der Waals surface area contributed by atoms with Crippen LogP contribution in [0.25, 0.3) is 0 Å². The van der Waals surface area contributed by atoms with E-state index in [1.54, 1.807) is 4.90 Å². The molecule has 1 fully saturated rings. The summed E-state index contributed by atoms with van der Waals surface area (Å²) in [6.45, 7) is 0.914. The maximum absolute atomic E-state index is 13.0. The van der Waals surface area contributed by atoms with E-state index in [1.165, 1.54) is 12.3 Å². The fourth-order valence-electron chi connectivity index (χ4n) is 1.56. The van der Waals surface area contributed by atoms with Gasteiger partial charge in [0.1, 0.15) is 6.17 Å². The van der Waals surface area contributed by atoms with Crippen LogP contribution in [0.5, 0.6) is 0 Å². The van der Waals surface area contributed by atoms with E-state index in [9.17, 15) is 8.78 Å². The van der Waals surface area contributed by atoms with Gasteiger partial charge in [-0.2, -0.15) is 0 Å². The van der Waals surface area contributed by atoms with Gasteiger partial charge in [0.15, 0.2) is 11.6 Å². The molecule has 3 nitrogen and oxygen atoms in total. The van der Waals surface area contributed by atoms with E-state index >= 15 is 0 Å². The maximum Gasteiger partial charge on any atom is 0.167 e. The van der Waals surface area contributed by atoms with Gasteiger partial charge < -0.3 is 10.6 Å². The van der Waals surface area contributed by atoms with Crippen molar-refractivity contribution in [2.45, 2.75) is 12.6 Å². The number of aromatic nitrogens is 1. The lowest BCUT2D eigenvalue weighted by atomic mass is 10.3. The van der Waals surface area contributed by atoms with Crippen LogP contribution in [0.3, 0.4) is 0 Å². The first-order valence-corrected chi connectivity index (χ1v) is 4.47. The molecule has 0 spiro atoms. The summed E-state index contributed by atoms with van der Waals surface area (Å²) in [5.74, 6) is -0.672. The Hall–Kier alpha value is -1.39. The summed E-state index contributed by atoms with van der Waals surface area (Å²) in [5, 5.41) is 0. The number of pyridine rings is 1. The van der Waals surface area contributed by atoms with Gasteiger partial charge in [0.05, 0.1) is 11.9 Å². The molecule has 5 heteroatoms. The van der Waals surface area contributed by atoms with E-state index in [0.29, 0.717) is 25.2 Å². The van der Waals surface area contributed by atoms with Gasteiger partial charge in [-0.15, -0.1) is 0 Å². The zero-order chi connectivity index (χ0) is 10.1. The van der Waals surface area contributed by atoms with Crippen molar-refractivity contribution in [2.24, 2.45) is 0 Å². The summed E-state index contributed by atoms with van der Waals surface area (Å²) in [6.07, 6.45) is 1.14. The summed E-state index contributed by atoms with van der Waals surface area (Å²) in [4.78, 5) is 5.45. The highest BCUT2D eigenvalue weighted by Gasteiger charge is 2.22. The lowest BCUT2D eigenvalue weighted by molar-refractivity contribution is 0.364. The van der Waals surface area contributed by atoms with Crippen LogP contribution < -0.4 is 10.6 Å². The summed E-state index contributed by atoms with van der Waals surface area (Å²) < 4.78 is 25.9. The maximum atomic E-state index is 13.0. The van der Waals surface area contributed by atoms with Crippen LogP contribution in [0.1, 0.15) is 6.42 Å². The Morgan fingerprint density at radius 3 is 2.93 bits per heavy atom. The fraction of sp³-hybridized carbons (Fsp3) is 0.444. The molecule has 0 aromatic carbocycles. The number of alkyl halides is 1. The molecule has 76 valence electrons. The zero-order valence-electron chi connectivity index (χ0n) is 7.58. The summed E-state index contributed by atoms with van der Waals surface area (Å²) in [6, 6.07) is 1.29. The van der Waals surface area contributed by atoms with Gasteiger partial charge in [0.2, 0.25) is 0 Å². The number of rotatable bonds is 1. The van der Waals surface area contributed by atoms with Crippen LogP contribution in [0.15, 0.2) is 12.3 Å². The lowest BCUT2D eigenvalue weighted by Gasteiger charge is -2.16. The second-order valence-electron chi connectivity index (χ2n) is 3.39. The number of nitrogens with two attached hydrogens (primary N) is 1. The van der Waals surface area contributed by atoms with E-state index in [0.717, 1.165) is 0 Å². The van der Waals surface area contributed by atoms with Gasteiger partial charge in [-0.3, -0.25) is 0 Å². The molecule has 1 saturated heterocycles. The summed E-state index contributed by atoms with van der Waals surface area (Å²) in [7, 11) is 0. The van der Waals surface area contributed by atoms with Gasteiger partial charge >= 0.3 is 0 Å². The normalized spacial score (nSPS) is 21.6. The molecule has 0 radical (unpaired) electrons. The minimum atomic E-state index is -0.824. The van der Waals surface area contributed by atoms with Crippen molar-refractivity contribution in [3.63, 3.8) is 0 Å². The standard InChI is InChI=1S/C9H11F2N3/c10-6-1-2-14(5-6)7-3-8(11)9(12)13-4-7/h3-4,6H,1-2,5H2,(H2,12,13)/t6-/m0/s1. The third-order valence-corrected chi connectivity index (χ3v) is 2.35. The van der Waals surface area contributed by atoms with Crippen molar-refractivity contribution >= 4 is 11.5 Å². The second-order valence-corrected chi connectivity index (χ2v) is 3.39. The highest BCUT2D eigenvalue weighted by Crippen LogP contribution is 2.22. The fourth-order valence-corrected chi connectivity index (χ4v) is 1.56. The number of halogens is 2. The number of anilines is 2. The lowest BCUT2D eigenvalue weighted by Crippen LogP contribution is -2.20. The Morgan fingerprint density at radius 2 is 2.36 bits per heavy atom. The molecule has 0 saturated carbocycles. The predicted molar refractivity (Wildman–Crippen MR) is 50.3 cm³/mol. The molecule has 1 aromatic rings. The first-order chi connectivity index (χ1) is 6.66. The van der Waals surface area contributed by atoms with E-state index in [4.69, 9.17) is 5.73 Å². The Morgan fingerprint density at radius 1 is 1.57 bits per heavy atom. The molecule has 14 heavy (non-hydrogen) atoms. The molecular formula is C9H11F2N3. The van der Waals surface area contributed by atoms with Gasteiger partial charge in [-0.05, 0) is 6.42 Å². The van der Waals surface area contributed by atoms with Crippen LogP contribution in [0.2, 0.25) is 0 Å². The van der Waals surface area contributed by atoms with E-state index < -0.39 is 12.0 Å².